The van der Waals surface area contributed by atoms with Gasteiger partial charge >= 0.3 is 0 Å². The van der Waals surface area contributed by atoms with E-state index in [-0.39, 0.29) is 0 Å². The molecule has 2 rings (SSSR count). The molecule has 0 radical (unpaired) electrons. The van der Waals surface area contributed by atoms with Gasteiger partial charge in [-0.05, 0) is 48.8 Å². The van der Waals surface area contributed by atoms with Gasteiger partial charge in [-0.15, -0.1) is 0 Å². The predicted molar refractivity (Wildman–Crippen MR) is 87.1 cm³/mol. The Morgan fingerprint density at radius 3 is 2.38 bits per heavy atom. The number of hydrogen-bond acceptors (Lipinski definition) is 3. The second-order valence-electron chi connectivity index (χ2n) is 6.26. The zero-order chi connectivity index (χ0) is 15.4. The first-order valence-corrected chi connectivity index (χ1v) is 8.08. The molecule has 4 atom stereocenters. The average molecular weight is 291 g/mol. The van der Waals surface area contributed by atoms with Crippen LogP contribution < -0.4 is 14.8 Å². The van der Waals surface area contributed by atoms with Crippen molar-refractivity contribution in [1.82, 2.24) is 5.32 Å². The van der Waals surface area contributed by atoms with Gasteiger partial charge in [0.1, 0.15) is 0 Å². The van der Waals surface area contributed by atoms with Crippen molar-refractivity contribution in [2.24, 2.45) is 11.8 Å². The van der Waals surface area contributed by atoms with Gasteiger partial charge in [0.2, 0.25) is 0 Å². The number of methoxy groups -OCH3 is 2. The molecule has 21 heavy (non-hydrogen) atoms. The molecule has 0 aliphatic heterocycles. The van der Waals surface area contributed by atoms with E-state index in [0.29, 0.717) is 12.1 Å². The summed E-state index contributed by atoms with van der Waals surface area (Å²) in [6, 6.07) is 7.24. The van der Waals surface area contributed by atoms with Crippen molar-refractivity contribution >= 4 is 0 Å². The first-order chi connectivity index (χ1) is 10.1. The minimum absolute atomic E-state index is 0.377. The third-order valence-electron chi connectivity index (χ3n) is 5.10. The van der Waals surface area contributed by atoms with Gasteiger partial charge in [-0.3, -0.25) is 0 Å². The number of rotatable bonds is 6. The average Bonchev–Trinajstić information content (AvgIpc) is 2.83. The van der Waals surface area contributed by atoms with Crippen LogP contribution in [0.1, 0.15) is 51.6 Å². The highest BCUT2D eigenvalue weighted by atomic mass is 16.5. The lowest BCUT2D eigenvalue weighted by Crippen LogP contribution is -2.35. The Labute approximate surface area is 129 Å². The van der Waals surface area contributed by atoms with Crippen LogP contribution in [0.4, 0.5) is 0 Å². The van der Waals surface area contributed by atoms with Gasteiger partial charge in [0.15, 0.2) is 11.5 Å². The third-order valence-corrected chi connectivity index (χ3v) is 5.10. The molecule has 1 aliphatic carbocycles. The molecule has 1 saturated carbocycles. The van der Waals surface area contributed by atoms with Gasteiger partial charge in [-0.1, -0.05) is 26.8 Å². The van der Waals surface area contributed by atoms with Crippen molar-refractivity contribution in [2.45, 2.75) is 52.1 Å². The summed E-state index contributed by atoms with van der Waals surface area (Å²) >= 11 is 0. The van der Waals surface area contributed by atoms with E-state index >= 15 is 0 Å². The van der Waals surface area contributed by atoms with Crippen LogP contribution >= 0.6 is 0 Å². The normalized spacial score (nSPS) is 26.6. The molecule has 0 heterocycles. The highest BCUT2D eigenvalue weighted by Gasteiger charge is 2.31. The van der Waals surface area contributed by atoms with Gasteiger partial charge in [-0.25, -0.2) is 0 Å². The van der Waals surface area contributed by atoms with E-state index < -0.39 is 0 Å². The summed E-state index contributed by atoms with van der Waals surface area (Å²) in [4.78, 5) is 0. The third kappa shape index (κ3) is 3.52. The lowest BCUT2D eigenvalue weighted by atomic mass is 9.95. The van der Waals surface area contributed by atoms with Crippen LogP contribution in [0.2, 0.25) is 0 Å². The number of ether oxygens (including phenoxy) is 2. The molecule has 0 spiro atoms. The van der Waals surface area contributed by atoms with Crippen LogP contribution in [0.15, 0.2) is 18.2 Å². The van der Waals surface area contributed by atoms with Crippen molar-refractivity contribution in [3.05, 3.63) is 23.8 Å². The summed E-state index contributed by atoms with van der Waals surface area (Å²) in [5.74, 6) is 3.17. The summed E-state index contributed by atoms with van der Waals surface area (Å²) in [6.07, 6.45) is 3.69. The molecule has 118 valence electrons. The van der Waals surface area contributed by atoms with Crippen LogP contribution in [0, 0.1) is 11.8 Å². The SMILES string of the molecule is CCC(NC1CCC(C)C1C)c1ccc(OC)c(OC)c1. The summed E-state index contributed by atoms with van der Waals surface area (Å²) in [6.45, 7) is 6.97. The summed E-state index contributed by atoms with van der Waals surface area (Å²) in [7, 11) is 3.37. The lowest BCUT2D eigenvalue weighted by Gasteiger charge is -2.26. The van der Waals surface area contributed by atoms with E-state index in [1.54, 1.807) is 14.2 Å². The second-order valence-corrected chi connectivity index (χ2v) is 6.26. The minimum atomic E-state index is 0.377. The maximum absolute atomic E-state index is 5.43. The van der Waals surface area contributed by atoms with Crippen LogP contribution in [-0.4, -0.2) is 20.3 Å². The Kier molecular flexibility index (Phi) is 5.51. The summed E-state index contributed by atoms with van der Waals surface area (Å²) in [5.41, 5.74) is 1.28. The first-order valence-electron chi connectivity index (χ1n) is 8.08. The van der Waals surface area contributed by atoms with Crippen molar-refractivity contribution in [3.8, 4) is 11.5 Å². The molecule has 0 amide bonds. The number of nitrogens with one attached hydrogen (secondary N) is 1. The Morgan fingerprint density at radius 2 is 1.86 bits per heavy atom. The standard InChI is InChI=1S/C18H29NO2/c1-6-15(19-16-9-7-12(2)13(16)3)14-8-10-17(20-4)18(11-14)21-5/h8,10-13,15-16,19H,6-7,9H2,1-5H3. The first kappa shape index (κ1) is 16.2. The van der Waals surface area contributed by atoms with E-state index in [9.17, 15) is 0 Å². The monoisotopic (exact) mass is 291 g/mol. The van der Waals surface area contributed by atoms with Gasteiger partial charge in [0.05, 0.1) is 14.2 Å². The largest absolute Gasteiger partial charge is 0.493 e. The fourth-order valence-corrected chi connectivity index (χ4v) is 3.38. The maximum atomic E-state index is 5.43. The van der Waals surface area contributed by atoms with E-state index in [1.807, 2.05) is 6.07 Å². The van der Waals surface area contributed by atoms with Crippen LogP contribution in [-0.2, 0) is 0 Å². The fourth-order valence-electron chi connectivity index (χ4n) is 3.38. The van der Waals surface area contributed by atoms with Crippen molar-refractivity contribution in [1.29, 1.82) is 0 Å². The maximum Gasteiger partial charge on any atom is 0.161 e. The predicted octanol–water partition coefficient (Wildman–Crippen LogP) is 4.18. The van der Waals surface area contributed by atoms with Crippen molar-refractivity contribution in [2.75, 3.05) is 14.2 Å². The topological polar surface area (TPSA) is 30.5 Å². The molecule has 0 saturated heterocycles. The van der Waals surface area contributed by atoms with E-state index in [0.717, 1.165) is 29.8 Å². The summed E-state index contributed by atoms with van der Waals surface area (Å²) < 4.78 is 10.8. The van der Waals surface area contributed by atoms with Gasteiger partial charge in [0.25, 0.3) is 0 Å². The highest BCUT2D eigenvalue weighted by Crippen LogP contribution is 2.35. The van der Waals surface area contributed by atoms with Gasteiger partial charge in [-0.2, -0.15) is 0 Å². The Morgan fingerprint density at radius 1 is 1.14 bits per heavy atom. The minimum Gasteiger partial charge on any atom is -0.493 e. The molecule has 1 aromatic carbocycles. The molecule has 3 heteroatoms. The zero-order valence-corrected chi connectivity index (χ0v) is 14.0. The fraction of sp³-hybridized carbons (Fsp3) is 0.667. The van der Waals surface area contributed by atoms with Crippen LogP contribution in [0.5, 0.6) is 11.5 Å². The molecule has 3 nitrogen and oxygen atoms in total. The quantitative estimate of drug-likeness (QED) is 0.853. The molecule has 1 aromatic rings. The highest BCUT2D eigenvalue weighted by molar-refractivity contribution is 5.43. The molecule has 1 aliphatic rings. The van der Waals surface area contributed by atoms with Crippen molar-refractivity contribution in [3.63, 3.8) is 0 Å². The molecular formula is C18H29NO2. The second kappa shape index (κ2) is 7.17. The molecule has 1 N–H and O–H groups in total. The van der Waals surface area contributed by atoms with Gasteiger partial charge in [0, 0.05) is 12.1 Å². The molecule has 0 aromatic heterocycles. The van der Waals surface area contributed by atoms with E-state index in [4.69, 9.17) is 9.47 Å². The number of hydrogen-bond donors (Lipinski definition) is 1. The Hall–Kier alpha value is -1.22. The molecular weight excluding hydrogens is 262 g/mol. The zero-order valence-electron chi connectivity index (χ0n) is 14.0. The van der Waals surface area contributed by atoms with Crippen LogP contribution in [0.25, 0.3) is 0 Å². The Bertz CT molecular complexity index is 461. The molecule has 1 fully saturated rings. The van der Waals surface area contributed by atoms with Gasteiger partial charge < -0.3 is 14.8 Å². The number of benzene rings is 1. The Balaban J connectivity index is 2.14. The molecule has 0 bridgehead atoms. The summed E-state index contributed by atoms with van der Waals surface area (Å²) in [5, 5.41) is 3.85. The smallest absolute Gasteiger partial charge is 0.161 e. The van der Waals surface area contributed by atoms with E-state index in [2.05, 4.69) is 38.2 Å². The van der Waals surface area contributed by atoms with Crippen LogP contribution in [0.3, 0.4) is 0 Å². The molecule has 4 unspecified atom stereocenters. The van der Waals surface area contributed by atoms with Crippen molar-refractivity contribution < 1.29 is 9.47 Å². The van der Waals surface area contributed by atoms with E-state index in [1.165, 1.54) is 18.4 Å². The lowest BCUT2D eigenvalue weighted by molar-refractivity contribution is 0.332.